The van der Waals surface area contributed by atoms with Crippen molar-refractivity contribution in [2.45, 2.75) is 44.8 Å². The highest BCUT2D eigenvalue weighted by molar-refractivity contribution is 5.86. The van der Waals surface area contributed by atoms with E-state index in [1.165, 1.54) is 11.1 Å². The molecule has 0 spiro atoms. The van der Waals surface area contributed by atoms with Gasteiger partial charge in [0.1, 0.15) is 5.75 Å². The second-order valence-corrected chi connectivity index (χ2v) is 7.96. The molecule has 6 nitrogen and oxygen atoms in total. The predicted molar refractivity (Wildman–Crippen MR) is 117 cm³/mol. The number of para-hydroxylation sites is 2. The Kier molecular flexibility index (Phi) is 6.21. The van der Waals surface area contributed by atoms with E-state index >= 15 is 0 Å². The summed E-state index contributed by atoms with van der Waals surface area (Å²) in [5, 5.41) is 6.10. The standard InChI is InChI=1S/C24H29N3O3/c1-2-14-25-24(29)22-15-27(20-12-5-6-13-21(20)30-22)16-23(28)26-19-11-7-9-17-8-3-4-10-18(17)19/h3-6,8,10,12-13,19,22H,2,7,9,11,14-16H2,1H3,(H,25,29)(H,26,28)/t19-,22-/m1/s1. The first-order valence-corrected chi connectivity index (χ1v) is 10.8. The maximum absolute atomic E-state index is 13.0. The van der Waals surface area contributed by atoms with Gasteiger partial charge in [-0.3, -0.25) is 9.59 Å². The Bertz CT molecular complexity index is 914. The van der Waals surface area contributed by atoms with Crippen LogP contribution in [0.4, 0.5) is 5.69 Å². The molecule has 0 saturated heterocycles. The number of anilines is 1. The summed E-state index contributed by atoms with van der Waals surface area (Å²) in [6, 6.07) is 15.9. The summed E-state index contributed by atoms with van der Waals surface area (Å²) in [4.78, 5) is 27.4. The summed E-state index contributed by atoms with van der Waals surface area (Å²) in [5.74, 6) is 0.454. The molecule has 0 radical (unpaired) electrons. The number of hydrogen-bond acceptors (Lipinski definition) is 4. The molecule has 0 aromatic heterocycles. The fourth-order valence-electron chi connectivity index (χ4n) is 4.27. The lowest BCUT2D eigenvalue weighted by Crippen LogP contribution is -2.51. The molecular weight excluding hydrogens is 378 g/mol. The molecular formula is C24H29N3O3. The van der Waals surface area contributed by atoms with Gasteiger partial charge < -0.3 is 20.3 Å². The molecule has 1 heterocycles. The van der Waals surface area contributed by atoms with Crippen molar-refractivity contribution in [1.29, 1.82) is 0 Å². The van der Waals surface area contributed by atoms with Crippen molar-refractivity contribution in [3.63, 3.8) is 0 Å². The fraction of sp³-hybridized carbons (Fsp3) is 0.417. The van der Waals surface area contributed by atoms with E-state index in [1.54, 1.807) is 0 Å². The fourth-order valence-corrected chi connectivity index (χ4v) is 4.27. The van der Waals surface area contributed by atoms with Crippen LogP contribution in [-0.4, -0.2) is 37.6 Å². The number of carbonyl (C=O) groups excluding carboxylic acids is 2. The lowest BCUT2D eigenvalue weighted by molar-refractivity contribution is -0.128. The van der Waals surface area contributed by atoms with Crippen molar-refractivity contribution in [1.82, 2.24) is 10.6 Å². The van der Waals surface area contributed by atoms with Crippen molar-refractivity contribution < 1.29 is 14.3 Å². The van der Waals surface area contributed by atoms with E-state index in [2.05, 4.69) is 28.8 Å². The van der Waals surface area contributed by atoms with Crippen molar-refractivity contribution in [2.75, 3.05) is 24.5 Å². The SMILES string of the molecule is CCCNC(=O)[C@H]1CN(CC(=O)N[C@@H]2CCCc3ccccc32)c2ccccc2O1. The molecule has 158 valence electrons. The van der Waals surface area contributed by atoms with Gasteiger partial charge in [0.05, 0.1) is 24.8 Å². The van der Waals surface area contributed by atoms with Gasteiger partial charge in [0.15, 0.2) is 6.10 Å². The van der Waals surface area contributed by atoms with Crippen molar-refractivity contribution in [2.24, 2.45) is 0 Å². The third-order valence-electron chi connectivity index (χ3n) is 5.74. The third-order valence-corrected chi connectivity index (χ3v) is 5.74. The normalized spacial score (nSPS) is 19.8. The quantitative estimate of drug-likeness (QED) is 0.772. The molecule has 2 N–H and O–H groups in total. The summed E-state index contributed by atoms with van der Waals surface area (Å²) in [5.41, 5.74) is 3.38. The molecule has 2 aromatic carbocycles. The van der Waals surface area contributed by atoms with Crippen LogP contribution in [0.1, 0.15) is 43.4 Å². The zero-order chi connectivity index (χ0) is 20.9. The van der Waals surface area contributed by atoms with Gasteiger partial charge >= 0.3 is 0 Å². The first-order chi connectivity index (χ1) is 14.7. The maximum Gasteiger partial charge on any atom is 0.262 e. The van der Waals surface area contributed by atoms with Crippen LogP contribution in [0.3, 0.4) is 0 Å². The first-order valence-electron chi connectivity index (χ1n) is 10.8. The first kappa shape index (κ1) is 20.3. The van der Waals surface area contributed by atoms with Crippen molar-refractivity contribution in [3.8, 4) is 5.75 Å². The summed E-state index contributed by atoms with van der Waals surface area (Å²) < 4.78 is 5.91. The second kappa shape index (κ2) is 9.20. The van der Waals surface area contributed by atoms with E-state index in [4.69, 9.17) is 4.74 Å². The molecule has 1 aliphatic heterocycles. The average molecular weight is 408 g/mol. The van der Waals surface area contributed by atoms with Gasteiger partial charge in [0, 0.05) is 6.54 Å². The lowest BCUT2D eigenvalue weighted by atomic mass is 9.88. The van der Waals surface area contributed by atoms with E-state index in [0.29, 0.717) is 18.8 Å². The van der Waals surface area contributed by atoms with Crippen LogP contribution in [0.2, 0.25) is 0 Å². The Balaban J connectivity index is 1.46. The third kappa shape index (κ3) is 4.42. The molecule has 6 heteroatoms. The van der Waals surface area contributed by atoms with E-state index in [-0.39, 0.29) is 24.4 Å². The lowest BCUT2D eigenvalue weighted by Gasteiger charge is -2.35. The number of fused-ring (bicyclic) bond motifs is 2. The molecule has 2 atom stereocenters. The number of nitrogens with zero attached hydrogens (tertiary/aromatic N) is 1. The van der Waals surface area contributed by atoms with Gasteiger partial charge in [0.25, 0.3) is 5.91 Å². The van der Waals surface area contributed by atoms with Crippen LogP contribution in [0.5, 0.6) is 5.75 Å². The molecule has 2 aliphatic rings. The van der Waals surface area contributed by atoms with Crippen LogP contribution in [0.15, 0.2) is 48.5 Å². The summed E-state index contributed by atoms with van der Waals surface area (Å²) in [6.45, 7) is 3.16. The number of amides is 2. The van der Waals surface area contributed by atoms with Crippen LogP contribution >= 0.6 is 0 Å². The minimum atomic E-state index is -0.630. The number of ether oxygens (including phenoxy) is 1. The van der Waals surface area contributed by atoms with Gasteiger partial charge in [-0.25, -0.2) is 0 Å². The smallest absolute Gasteiger partial charge is 0.262 e. The zero-order valence-corrected chi connectivity index (χ0v) is 17.4. The van der Waals surface area contributed by atoms with Crippen LogP contribution in [-0.2, 0) is 16.0 Å². The molecule has 2 amide bonds. The van der Waals surface area contributed by atoms with Crippen LogP contribution < -0.4 is 20.3 Å². The van der Waals surface area contributed by atoms with Crippen LogP contribution in [0, 0.1) is 0 Å². The Morgan fingerprint density at radius 3 is 2.80 bits per heavy atom. The minimum Gasteiger partial charge on any atom is -0.477 e. The predicted octanol–water partition coefficient (Wildman–Crippen LogP) is 2.97. The molecule has 4 rings (SSSR count). The molecule has 0 fully saturated rings. The number of aryl methyl sites for hydroxylation is 1. The molecule has 1 aliphatic carbocycles. The molecule has 0 bridgehead atoms. The van der Waals surface area contributed by atoms with Gasteiger partial charge in [0.2, 0.25) is 5.91 Å². The number of nitrogens with one attached hydrogen (secondary N) is 2. The van der Waals surface area contributed by atoms with Gasteiger partial charge in [-0.05, 0) is 48.9 Å². The molecule has 30 heavy (non-hydrogen) atoms. The van der Waals surface area contributed by atoms with E-state index in [0.717, 1.165) is 31.4 Å². The van der Waals surface area contributed by atoms with Gasteiger partial charge in [-0.2, -0.15) is 0 Å². The second-order valence-electron chi connectivity index (χ2n) is 7.96. The number of hydrogen-bond donors (Lipinski definition) is 2. The minimum absolute atomic E-state index is 0.0406. The maximum atomic E-state index is 13.0. The van der Waals surface area contributed by atoms with Crippen molar-refractivity contribution >= 4 is 17.5 Å². The summed E-state index contributed by atoms with van der Waals surface area (Å²) in [7, 11) is 0. The zero-order valence-electron chi connectivity index (χ0n) is 17.4. The molecule has 0 unspecified atom stereocenters. The highest BCUT2D eigenvalue weighted by Crippen LogP contribution is 2.33. The summed E-state index contributed by atoms with van der Waals surface area (Å²) in [6.07, 6.45) is 3.32. The average Bonchev–Trinajstić information content (AvgIpc) is 2.77. The Labute approximate surface area is 177 Å². The Morgan fingerprint density at radius 2 is 1.93 bits per heavy atom. The monoisotopic (exact) mass is 407 g/mol. The summed E-state index contributed by atoms with van der Waals surface area (Å²) >= 11 is 0. The van der Waals surface area contributed by atoms with Gasteiger partial charge in [-0.1, -0.05) is 43.3 Å². The highest BCUT2D eigenvalue weighted by Gasteiger charge is 2.32. The topological polar surface area (TPSA) is 70.7 Å². The number of carbonyl (C=O) groups is 2. The highest BCUT2D eigenvalue weighted by atomic mass is 16.5. The number of rotatable bonds is 6. The van der Waals surface area contributed by atoms with E-state index < -0.39 is 6.10 Å². The van der Waals surface area contributed by atoms with E-state index in [1.807, 2.05) is 42.2 Å². The van der Waals surface area contributed by atoms with Crippen LogP contribution in [0.25, 0.3) is 0 Å². The Hall–Kier alpha value is -3.02. The van der Waals surface area contributed by atoms with E-state index in [9.17, 15) is 9.59 Å². The molecule has 2 aromatic rings. The molecule has 0 saturated carbocycles. The van der Waals surface area contributed by atoms with Crippen molar-refractivity contribution in [3.05, 3.63) is 59.7 Å². The van der Waals surface area contributed by atoms with Gasteiger partial charge in [-0.15, -0.1) is 0 Å². The Morgan fingerprint density at radius 1 is 1.13 bits per heavy atom. The largest absolute Gasteiger partial charge is 0.477 e. The number of benzene rings is 2.